The normalized spacial score (nSPS) is 14.0. The van der Waals surface area contributed by atoms with Crippen molar-refractivity contribution < 1.29 is 0 Å². The summed E-state index contributed by atoms with van der Waals surface area (Å²) in [5, 5.41) is 5.11. The van der Waals surface area contributed by atoms with Gasteiger partial charge in [-0.05, 0) is 88.3 Å². The van der Waals surface area contributed by atoms with E-state index in [0.29, 0.717) is 0 Å². The number of nitrogens with zero attached hydrogens (tertiary/aromatic N) is 2. The third kappa shape index (κ3) is 3.74. The molecule has 0 spiro atoms. The highest BCUT2D eigenvalue weighted by Gasteiger charge is 2.18. The van der Waals surface area contributed by atoms with Crippen LogP contribution in [0.25, 0.3) is 62.5 Å². The van der Waals surface area contributed by atoms with Gasteiger partial charge in [-0.15, -0.1) is 0 Å². The predicted octanol–water partition coefficient (Wildman–Crippen LogP) is 8.82. The summed E-state index contributed by atoms with van der Waals surface area (Å²) in [4.78, 5) is 0. The summed E-state index contributed by atoms with van der Waals surface area (Å²) in [5.41, 5.74) is 9.96. The van der Waals surface area contributed by atoms with Crippen LogP contribution in [-0.4, -0.2) is 9.13 Å². The van der Waals surface area contributed by atoms with Crippen molar-refractivity contribution in [1.82, 2.24) is 9.13 Å². The van der Waals surface area contributed by atoms with Gasteiger partial charge in [0.1, 0.15) is 0 Å². The SMILES string of the molecule is BrC1=CC=c2c(c3c(n2-c2ccc(-c4ccc(-n5c6ccccc6c6cc(Br)ccc65)cc4)cc2)=CCC=C3)C1. The largest absolute Gasteiger partial charge is 0.310 e. The van der Waals surface area contributed by atoms with Gasteiger partial charge in [-0.1, -0.05) is 92.6 Å². The van der Waals surface area contributed by atoms with Crippen molar-refractivity contribution in [3.63, 3.8) is 0 Å². The van der Waals surface area contributed by atoms with Crippen molar-refractivity contribution in [1.29, 1.82) is 0 Å². The lowest BCUT2D eigenvalue weighted by molar-refractivity contribution is 0.976. The predicted molar refractivity (Wildman–Crippen MR) is 176 cm³/mol. The number of hydrogen-bond acceptors (Lipinski definition) is 0. The highest BCUT2D eigenvalue weighted by molar-refractivity contribution is 9.11. The Morgan fingerprint density at radius 3 is 2.10 bits per heavy atom. The van der Waals surface area contributed by atoms with Crippen molar-refractivity contribution in [2.75, 3.05) is 0 Å². The van der Waals surface area contributed by atoms with Gasteiger partial charge in [0.15, 0.2) is 0 Å². The lowest BCUT2D eigenvalue weighted by Gasteiger charge is -2.11. The maximum atomic E-state index is 3.71. The molecule has 2 aliphatic rings. The number of benzene rings is 4. The van der Waals surface area contributed by atoms with Crippen LogP contribution in [0.2, 0.25) is 0 Å². The first-order chi connectivity index (χ1) is 19.7. The maximum Gasteiger partial charge on any atom is 0.0541 e. The molecule has 40 heavy (non-hydrogen) atoms. The molecule has 4 heteroatoms. The number of allylic oxidation sites excluding steroid dienone is 3. The van der Waals surface area contributed by atoms with Crippen molar-refractivity contribution in [2.45, 2.75) is 12.8 Å². The Kier molecular flexibility index (Phi) is 5.61. The standard InChI is InChI=1S/C36H24Br2N2/c37-25-13-19-35-31(21-25)29-5-1-3-7-33(29)39(35)27-15-9-23(10-16-27)24-11-17-28(18-12-24)40-34-8-4-2-6-30(34)32-22-26(38)14-20-36(32)40/h1-3,5-21H,4,22H2. The quantitative estimate of drug-likeness (QED) is 0.182. The molecule has 0 unspecified atom stereocenters. The van der Waals surface area contributed by atoms with Crippen molar-refractivity contribution in [3.05, 3.63) is 134 Å². The molecule has 0 radical (unpaired) electrons. The molecule has 0 fully saturated rings. The fraction of sp³-hybridized carbons (Fsp3) is 0.0556. The van der Waals surface area contributed by atoms with Crippen molar-refractivity contribution in [2.24, 2.45) is 0 Å². The Balaban J connectivity index is 1.19. The maximum absolute atomic E-state index is 3.71. The van der Waals surface area contributed by atoms with E-state index in [0.717, 1.165) is 23.0 Å². The summed E-state index contributed by atoms with van der Waals surface area (Å²) < 4.78 is 7.10. The van der Waals surface area contributed by atoms with Crippen LogP contribution >= 0.6 is 31.9 Å². The zero-order valence-electron chi connectivity index (χ0n) is 21.6. The van der Waals surface area contributed by atoms with E-state index in [1.807, 2.05) is 0 Å². The van der Waals surface area contributed by atoms with Crippen LogP contribution in [0.4, 0.5) is 0 Å². The number of fused-ring (bicyclic) bond motifs is 6. The van der Waals surface area contributed by atoms with E-state index in [1.165, 1.54) is 64.9 Å². The first kappa shape index (κ1) is 24.0. The van der Waals surface area contributed by atoms with Gasteiger partial charge in [0.05, 0.1) is 21.7 Å². The van der Waals surface area contributed by atoms with E-state index in [2.05, 4.69) is 162 Å². The molecule has 8 rings (SSSR count). The molecule has 4 aromatic carbocycles. The molecule has 0 amide bonds. The van der Waals surface area contributed by atoms with E-state index >= 15 is 0 Å². The zero-order chi connectivity index (χ0) is 26.8. The highest BCUT2D eigenvalue weighted by Crippen LogP contribution is 2.34. The van der Waals surface area contributed by atoms with E-state index in [1.54, 1.807) is 0 Å². The Labute approximate surface area is 249 Å². The lowest BCUT2D eigenvalue weighted by Crippen LogP contribution is -2.27. The molecule has 0 saturated heterocycles. The third-order valence-corrected chi connectivity index (χ3v) is 9.15. The highest BCUT2D eigenvalue weighted by atomic mass is 79.9. The Morgan fingerprint density at radius 1 is 0.625 bits per heavy atom. The molecule has 2 nitrogen and oxygen atoms in total. The van der Waals surface area contributed by atoms with Gasteiger partial charge < -0.3 is 9.13 Å². The van der Waals surface area contributed by atoms with E-state index in [-0.39, 0.29) is 0 Å². The van der Waals surface area contributed by atoms with Crippen LogP contribution in [0, 0.1) is 0 Å². The lowest BCUT2D eigenvalue weighted by atomic mass is 10.0. The minimum Gasteiger partial charge on any atom is -0.310 e. The third-order valence-electron chi connectivity index (χ3n) is 8.11. The van der Waals surface area contributed by atoms with E-state index in [9.17, 15) is 0 Å². The van der Waals surface area contributed by atoms with Crippen LogP contribution in [0.5, 0.6) is 0 Å². The molecule has 0 atom stereocenters. The Bertz CT molecular complexity index is 2160. The van der Waals surface area contributed by atoms with Crippen molar-refractivity contribution in [3.8, 4) is 22.5 Å². The first-order valence-electron chi connectivity index (χ1n) is 13.5. The second-order valence-electron chi connectivity index (χ2n) is 10.4. The zero-order valence-corrected chi connectivity index (χ0v) is 24.8. The van der Waals surface area contributed by atoms with Gasteiger partial charge in [0, 0.05) is 38.6 Å². The average molecular weight is 644 g/mol. The van der Waals surface area contributed by atoms with E-state index < -0.39 is 0 Å². The number of hydrogen-bond donors (Lipinski definition) is 0. The summed E-state index contributed by atoms with van der Waals surface area (Å²) in [6, 6.07) is 33.1. The fourth-order valence-corrected chi connectivity index (χ4v) is 7.07. The number of rotatable bonds is 3. The summed E-state index contributed by atoms with van der Waals surface area (Å²) in [6.07, 6.45) is 13.2. The molecule has 2 aliphatic carbocycles. The van der Waals surface area contributed by atoms with Crippen LogP contribution in [0.3, 0.4) is 0 Å². The van der Waals surface area contributed by atoms with Crippen molar-refractivity contribution >= 4 is 71.9 Å². The van der Waals surface area contributed by atoms with E-state index in [4.69, 9.17) is 0 Å². The topological polar surface area (TPSA) is 9.86 Å². The summed E-state index contributed by atoms with van der Waals surface area (Å²) in [5.74, 6) is 0. The van der Waals surface area contributed by atoms with Gasteiger partial charge in [0.25, 0.3) is 0 Å². The van der Waals surface area contributed by atoms with Gasteiger partial charge in [-0.3, -0.25) is 0 Å². The van der Waals surface area contributed by atoms with Crippen LogP contribution < -0.4 is 10.7 Å². The molecular formula is C36H24Br2N2. The van der Waals surface area contributed by atoms with Crippen LogP contribution in [-0.2, 0) is 6.42 Å². The number of aromatic nitrogens is 2. The molecular weight excluding hydrogens is 620 g/mol. The molecule has 0 aliphatic heterocycles. The van der Waals surface area contributed by atoms with Gasteiger partial charge >= 0.3 is 0 Å². The monoisotopic (exact) mass is 642 g/mol. The van der Waals surface area contributed by atoms with Gasteiger partial charge in [-0.25, -0.2) is 0 Å². The minimum atomic E-state index is 0.938. The Hall–Kier alpha value is -3.86. The number of para-hydroxylation sites is 1. The average Bonchev–Trinajstić information content (AvgIpc) is 3.50. The minimum absolute atomic E-state index is 0.938. The molecule has 6 aromatic rings. The first-order valence-corrected chi connectivity index (χ1v) is 15.1. The summed E-state index contributed by atoms with van der Waals surface area (Å²) in [7, 11) is 0. The smallest absolute Gasteiger partial charge is 0.0541 e. The molecule has 0 bridgehead atoms. The van der Waals surface area contributed by atoms with Crippen LogP contribution in [0.1, 0.15) is 17.5 Å². The molecule has 0 saturated carbocycles. The summed E-state index contributed by atoms with van der Waals surface area (Å²) >= 11 is 7.37. The second kappa shape index (κ2) is 9.36. The molecule has 0 N–H and O–H groups in total. The second-order valence-corrected chi connectivity index (χ2v) is 12.3. The summed E-state index contributed by atoms with van der Waals surface area (Å²) in [6.45, 7) is 0. The molecule has 2 aromatic heterocycles. The molecule has 2 heterocycles. The number of halogens is 2. The molecule has 192 valence electrons. The van der Waals surface area contributed by atoms with Gasteiger partial charge in [-0.2, -0.15) is 0 Å². The fourth-order valence-electron chi connectivity index (χ4n) is 6.30. The Morgan fingerprint density at radius 2 is 1.32 bits per heavy atom. The van der Waals surface area contributed by atoms with Crippen LogP contribution in [0.15, 0.2) is 112 Å². The van der Waals surface area contributed by atoms with Gasteiger partial charge in [0.2, 0.25) is 0 Å².